The molecule has 0 saturated carbocycles. The van der Waals surface area contributed by atoms with Crippen LogP contribution in [0.5, 0.6) is 5.75 Å². The second kappa shape index (κ2) is 5.67. The van der Waals surface area contributed by atoms with Crippen molar-refractivity contribution in [3.05, 3.63) is 42.0 Å². The summed E-state index contributed by atoms with van der Waals surface area (Å²) in [7, 11) is 0. The molecular formula is C16H19NO3. The lowest BCUT2D eigenvalue weighted by Gasteiger charge is -2.29. The van der Waals surface area contributed by atoms with Gasteiger partial charge in [-0.05, 0) is 24.8 Å². The zero-order valence-corrected chi connectivity index (χ0v) is 11.4. The van der Waals surface area contributed by atoms with E-state index in [1.165, 1.54) is 0 Å². The van der Waals surface area contributed by atoms with E-state index in [2.05, 4.69) is 12.2 Å². The quantitative estimate of drug-likeness (QED) is 0.860. The van der Waals surface area contributed by atoms with Gasteiger partial charge in [0.05, 0.1) is 0 Å². The van der Waals surface area contributed by atoms with Gasteiger partial charge in [0.25, 0.3) is 0 Å². The van der Waals surface area contributed by atoms with Gasteiger partial charge >= 0.3 is 5.97 Å². The van der Waals surface area contributed by atoms with Gasteiger partial charge in [0.1, 0.15) is 18.4 Å². The van der Waals surface area contributed by atoms with Gasteiger partial charge in [-0.15, -0.1) is 0 Å². The summed E-state index contributed by atoms with van der Waals surface area (Å²) in [5.74, 6) is 0.433. The van der Waals surface area contributed by atoms with Crippen LogP contribution in [-0.2, 0) is 4.79 Å². The van der Waals surface area contributed by atoms with Crippen molar-refractivity contribution in [1.82, 2.24) is 4.90 Å². The highest BCUT2D eigenvalue weighted by atomic mass is 16.5. The molecule has 0 amide bonds. The Morgan fingerprint density at radius 1 is 1.30 bits per heavy atom. The van der Waals surface area contributed by atoms with E-state index in [1.54, 1.807) is 0 Å². The zero-order chi connectivity index (χ0) is 13.9. The van der Waals surface area contributed by atoms with Crippen LogP contribution in [-0.4, -0.2) is 35.7 Å². The molecule has 0 bridgehead atoms. The molecule has 3 rings (SSSR count). The Kier molecular flexibility index (Phi) is 3.74. The minimum atomic E-state index is -0.797. The van der Waals surface area contributed by atoms with Gasteiger partial charge in [0.2, 0.25) is 0 Å². The maximum Gasteiger partial charge on any atom is 0.325 e. The van der Waals surface area contributed by atoms with Gasteiger partial charge in [-0.2, -0.15) is 0 Å². The van der Waals surface area contributed by atoms with E-state index in [0.29, 0.717) is 24.8 Å². The van der Waals surface area contributed by atoms with Crippen molar-refractivity contribution in [1.29, 1.82) is 0 Å². The molecule has 0 fully saturated rings. The summed E-state index contributed by atoms with van der Waals surface area (Å²) in [5, 5.41) is 9.64. The van der Waals surface area contributed by atoms with Gasteiger partial charge in [-0.3, -0.25) is 9.69 Å². The molecule has 1 aliphatic heterocycles. The summed E-state index contributed by atoms with van der Waals surface area (Å²) < 4.78 is 5.70. The Morgan fingerprint density at radius 2 is 2.05 bits per heavy atom. The molecule has 1 aromatic rings. The molecule has 1 aliphatic carbocycles. The summed E-state index contributed by atoms with van der Waals surface area (Å²) in [4.78, 5) is 13.8. The second-order valence-corrected chi connectivity index (χ2v) is 5.43. The van der Waals surface area contributed by atoms with Crippen LogP contribution in [0.2, 0.25) is 0 Å². The van der Waals surface area contributed by atoms with Crippen molar-refractivity contribution in [2.75, 3.05) is 19.7 Å². The predicted molar refractivity (Wildman–Crippen MR) is 75.8 cm³/mol. The zero-order valence-electron chi connectivity index (χ0n) is 11.4. The maximum atomic E-state index is 11.7. The predicted octanol–water partition coefficient (Wildman–Crippen LogP) is 2.47. The number of carbonyl (C=O) groups is 1. The Bertz CT molecular complexity index is 518. The molecule has 0 aromatic heterocycles. The summed E-state index contributed by atoms with van der Waals surface area (Å²) >= 11 is 0. The summed E-state index contributed by atoms with van der Waals surface area (Å²) in [6, 6.07) is 6.87. The van der Waals surface area contributed by atoms with Crippen molar-refractivity contribution < 1.29 is 14.6 Å². The largest absolute Gasteiger partial charge is 0.492 e. The third-order valence-electron chi connectivity index (χ3n) is 4.05. The molecule has 1 N–H and O–H groups in total. The molecule has 1 unspecified atom stereocenters. The Labute approximate surface area is 118 Å². The summed E-state index contributed by atoms with van der Waals surface area (Å²) in [6.07, 6.45) is 6.46. The van der Waals surface area contributed by atoms with Gasteiger partial charge in [0, 0.05) is 18.7 Å². The fourth-order valence-electron chi connectivity index (χ4n) is 3.08. The number of hydrogen-bond donors (Lipinski definition) is 1. The number of aliphatic carboxylic acids is 1. The first-order valence-corrected chi connectivity index (χ1v) is 7.09. The summed E-state index contributed by atoms with van der Waals surface area (Å²) in [5.41, 5.74) is 0.767. The molecule has 0 radical (unpaired) electrons. The number of benzene rings is 1. The van der Waals surface area contributed by atoms with Crippen LogP contribution < -0.4 is 4.74 Å². The first-order chi connectivity index (χ1) is 9.75. The van der Waals surface area contributed by atoms with Crippen LogP contribution in [0.4, 0.5) is 0 Å². The Hall–Kier alpha value is -1.81. The molecule has 1 aromatic carbocycles. The van der Waals surface area contributed by atoms with E-state index in [9.17, 15) is 9.90 Å². The molecule has 4 nitrogen and oxygen atoms in total. The average molecular weight is 273 g/mol. The lowest BCUT2D eigenvalue weighted by atomic mass is 10.0. The standard InChI is InChI=1S/C16H19NO3/c18-16(19)15-13-7-3-4-8-14(13)20-10-9-17(15)11-12-5-1-2-6-12/h1-4,7-8,12,15H,5-6,9-11H2,(H,18,19). The minimum Gasteiger partial charge on any atom is -0.492 e. The highest BCUT2D eigenvalue weighted by molar-refractivity contribution is 5.77. The molecule has 2 aliphatic rings. The number of nitrogens with zero attached hydrogens (tertiary/aromatic N) is 1. The first kappa shape index (κ1) is 13.2. The van der Waals surface area contributed by atoms with Crippen molar-refractivity contribution in [2.45, 2.75) is 18.9 Å². The van der Waals surface area contributed by atoms with E-state index in [1.807, 2.05) is 29.2 Å². The smallest absolute Gasteiger partial charge is 0.325 e. The number of fused-ring (bicyclic) bond motifs is 1. The van der Waals surface area contributed by atoms with Crippen LogP contribution in [0.1, 0.15) is 24.4 Å². The Morgan fingerprint density at radius 3 is 2.80 bits per heavy atom. The Balaban J connectivity index is 1.87. The van der Waals surface area contributed by atoms with Gasteiger partial charge in [-0.1, -0.05) is 30.4 Å². The maximum absolute atomic E-state index is 11.7. The van der Waals surface area contributed by atoms with Crippen molar-refractivity contribution in [3.63, 3.8) is 0 Å². The number of ether oxygens (including phenoxy) is 1. The van der Waals surface area contributed by atoms with E-state index in [4.69, 9.17) is 4.74 Å². The molecule has 1 heterocycles. The third-order valence-corrected chi connectivity index (χ3v) is 4.05. The number of rotatable bonds is 3. The SMILES string of the molecule is O=C(O)C1c2ccccc2OCCN1CC1CC=CC1. The highest BCUT2D eigenvalue weighted by Crippen LogP contribution is 2.33. The highest BCUT2D eigenvalue weighted by Gasteiger charge is 2.33. The molecule has 1 atom stereocenters. The van der Waals surface area contributed by atoms with Crippen LogP contribution >= 0.6 is 0 Å². The van der Waals surface area contributed by atoms with Crippen LogP contribution in [0.25, 0.3) is 0 Å². The van der Waals surface area contributed by atoms with E-state index in [0.717, 1.165) is 24.9 Å². The monoisotopic (exact) mass is 273 g/mol. The van der Waals surface area contributed by atoms with E-state index < -0.39 is 12.0 Å². The van der Waals surface area contributed by atoms with Crippen molar-refractivity contribution in [2.24, 2.45) is 5.92 Å². The average Bonchev–Trinajstić information content (AvgIpc) is 2.86. The minimum absolute atomic E-state index is 0.530. The number of carboxylic acids is 1. The van der Waals surface area contributed by atoms with Gasteiger partial charge in [-0.25, -0.2) is 0 Å². The van der Waals surface area contributed by atoms with Crippen molar-refractivity contribution in [3.8, 4) is 5.75 Å². The molecule has 20 heavy (non-hydrogen) atoms. The van der Waals surface area contributed by atoms with Crippen LogP contribution in [0.3, 0.4) is 0 Å². The summed E-state index contributed by atoms with van der Waals surface area (Å²) in [6.45, 7) is 2.00. The number of para-hydroxylation sites is 1. The third kappa shape index (κ3) is 2.56. The normalized spacial score (nSPS) is 23.1. The fourth-order valence-corrected chi connectivity index (χ4v) is 3.08. The van der Waals surface area contributed by atoms with Crippen molar-refractivity contribution >= 4 is 5.97 Å². The molecule has 106 valence electrons. The second-order valence-electron chi connectivity index (χ2n) is 5.43. The molecule has 0 saturated heterocycles. The molecule has 4 heteroatoms. The molecule has 0 spiro atoms. The lowest BCUT2D eigenvalue weighted by Crippen LogP contribution is -2.38. The number of allylic oxidation sites excluding steroid dienone is 2. The van der Waals surface area contributed by atoms with E-state index in [-0.39, 0.29) is 0 Å². The van der Waals surface area contributed by atoms with Gasteiger partial charge < -0.3 is 9.84 Å². The van der Waals surface area contributed by atoms with E-state index >= 15 is 0 Å². The van der Waals surface area contributed by atoms with Crippen LogP contribution in [0.15, 0.2) is 36.4 Å². The number of hydrogen-bond acceptors (Lipinski definition) is 3. The topological polar surface area (TPSA) is 49.8 Å². The first-order valence-electron chi connectivity index (χ1n) is 7.09. The van der Waals surface area contributed by atoms with Gasteiger partial charge in [0.15, 0.2) is 0 Å². The fraction of sp³-hybridized carbons (Fsp3) is 0.438. The molecular weight excluding hydrogens is 254 g/mol. The number of carboxylic acid groups (broad SMARTS) is 1. The van der Waals surface area contributed by atoms with Crippen LogP contribution in [0, 0.1) is 5.92 Å². The lowest BCUT2D eigenvalue weighted by molar-refractivity contribution is -0.143.